The van der Waals surface area contributed by atoms with Crippen LogP contribution < -0.4 is 0 Å². The summed E-state index contributed by atoms with van der Waals surface area (Å²) in [5.41, 5.74) is 4.25. The summed E-state index contributed by atoms with van der Waals surface area (Å²) >= 11 is 0. The Morgan fingerprint density at radius 2 is 1.58 bits per heavy atom. The molecule has 0 spiro atoms. The summed E-state index contributed by atoms with van der Waals surface area (Å²) in [7, 11) is -3.43. The summed E-state index contributed by atoms with van der Waals surface area (Å²) in [5.74, 6) is 1.47. The molecule has 0 saturated carbocycles. The van der Waals surface area contributed by atoms with Gasteiger partial charge in [-0.3, -0.25) is 0 Å². The van der Waals surface area contributed by atoms with Gasteiger partial charge in [0.1, 0.15) is 0 Å². The SMILES string of the molecule is C=C(CO[Si](C(C)C)(C(C)C)C(C)C)[C@@H]1C=CC(C)=C(O[Si](C)(C)C)C1. The van der Waals surface area contributed by atoms with Gasteiger partial charge in [-0.1, -0.05) is 60.3 Å². The third kappa shape index (κ3) is 5.70. The normalized spacial score (nSPS) is 19.0. The Labute approximate surface area is 165 Å². The molecule has 1 aliphatic carbocycles. The van der Waals surface area contributed by atoms with Gasteiger partial charge in [0.05, 0.1) is 12.4 Å². The quantitative estimate of drug-likeness (QED) is 0.299. The average Bonchev–Trinajstić information content (AvgIpc) is 2.47. The van der Waals surface area contributed by atoms with E-state index in [-0.39, 0.29) is 0 Å². The van der Waals surface area contributed by atoms with Gasteiger partial charge in [-0.05, 0) is 54.3 Å². The van der Waals surface area contributed by atoms with Crippen LogP contribution in [0.5, 0.6) is 0 Å². The van der Waals surface area contributed by atoms with Crippen molar-refractivity contribution in [2.75, 3.05) is 6.61 Å². The van der Waals surface area contributed by atoms with Crippen molar-refractivity contribution in [3.63, 3.8) is 0 Å². The summed E-state index contributed by atoms with van der Waals surface area (Å²) in [6, 6.07) is 0. The fraction of sp³-hybridized carbons (Fsp3) is 0.727. The molecular weight excluding hydrogens is 352 g/mol. The Balaban J connectivity index is 2.84. The molecule has 150 valence electrons. The monoisotopic (exact) mass is 394 g/mol. The lowest BCUT2D eigenvalue weighted by atomic mass is 9.90. The van der Waals surface area contributed by atoms with Gasteiger partial charge in [0.25, 0.3) is 0 Å². The molecular formula is C22H42O2Si2. The van der Waals surface area contributed by atoms with Crippen LogP contribution in [-0.4, -0.2) is 23.2 Å². The Hall–Kier alpha value is -0.586. The van der Waals surface area contributed by atoms with Crippen molar-refractivity contribution in [1.82, 2.24) is 0 Å². The predicted octanol–water partition coefficient (Wildman–Crippen LogP) is 7.44. The number of allylic oxidation sites excluding steroid dienone is 4. The van der Waals surface area contributed by atoms with E-state index in [4.69, 9.17) is 8.85 Å². The molecule has 0 aromatic carbocycles. The van der Waals surface area contributed by atoms with E-state index in [9.17, 15) is 0 Å². The topological polar surface area (TPSA) is 18.5 Å². The van der Waals surface area contributed by atoms with Crippen LogP contribution in [0.2, 0.25) is 36.3 Å². The van der Waals surface area contributed by atoms with Gasteiger partial charge in [-0.25, -0.2) is 0 Å². The van der Waals surface area contributed by atoms with E-state index in [1.807, 2.05) is 0 Å². The maximum absolute atomic E-state index is 6.75. The van der Waals surface area contributed by atoms with E-state index in [2.05, 4.69) is 86.8 Å². The summed E-state index contributed by atoms with van der Waals surface area (Å²) in [6.45, 7) is 28.0. The minimum atomic E-state index is -1.84. The first-order valence-electron chi connectivity index (χ1n) is 10.2. The second-order valence-electron chi connectivity index (χ2n) is 9.75. The highest BCUT2D eigenvalue weighted by molar-refractivity contribution is 6.77. The standard InChI is InChI=1S/C22H42O2Si2/c1-16(2)26(17(3)4,18(5)6)23-15-20(8)21-13-12-19(7)22(14-21)24-25(9,10)11/h12-13,16-18,21H,8,14-15H2,1-7,9-11H3/t21-/m1/s1. The van der Waals surface area contributed by atoms with E-state index in [0.29, 0.717) is 29.1 Å². The van der Waals surface area contributed by atoms with E-state index in [0.717, 1.165) is 12.2 Å². The first-order chi connectivity index (χ1) is 11.8. The molecule has 0 bridgehead atoms. The maximum Gasteiger partial charge on any atom is 0.241 e. The molecule has 0 aliphatic heterocycles. The summed E-state index contributed by atoms with van der Waals surface area (Å²) in [4.78, 5) is 0. The van der Waals surface area contributed by atoms with Crippen LogP contribution in [0, 0.1) is 5.92 Å². The highest BCUT2D eigenvalue weighted by Crippen LogP contribution is 2.43. The van der Waals surface area contributed by atoms with Gasteiger partial charge in [0.2, 0.25) is 16.6 Å². The average molecular weight is 395 g/mol. The van der Waals surface area contributed by atoms with Crippen molar-refractivity contribution in [2.45, 2.75) is 91.2 Å². The van der Waals surface area contributed by atoms with E-state index < -0.39 is 16.6 Å². The summed E-state index contributed by atoms with van der Waals surface area (Å²) < 4.78 is 13.1. The van der Waals surface area contributed by atoms with Crippen molar-refractivity contribution >= 4 is 16.6 Å². The van der Waals surface area contributed by atoms with Gasteiger partial charge in [-0.15, -0.1) is 0 Å². The lowest BCUT2D eigenvalue weighted by molar-refractivity contribution is 0.294. The van der Waals surface area contributed by atoms with Crippen molar-refractivity contribution in [1.29, 1.82) is 0 Å². The molecule has 1 aliphatic rings. The van der Waals surface area contributed by atoms with Crippen LogP contribution in [0.25, 0.3) is 0 Å². The zero-order valence-electron chi connectivity index (χ0n) is 18.9. The zero-order valence-corrected chi connectivity index (χ0v) is 20.9. The third-order valence-electron chi connectivity index (χ3n) is 5.59. The van der Waals surface area contributed by atoms with Crippen LogP contribution in [-0.2, 0) is 8.85 Å². The van der Waals surface area contributed by atoms with E-state index in [1.54, 1.807) is 0 Å². The van der Waals surface area contributed by atoms with Gasteiger partial charge in [0.15, 0.2) is 0 Å². The molecule has 0 unspecified atom stereocenters. The molecule has 26 heavy (non-hydrogen) atoms. The number of hydrogen-bond donors (Lipinski definition) is 0. The molecule has 4 heteroatoms. The molecule has 0 saturated heterocycles. The maximum atomic E-state index is 6.75. The minimum absolute atomic E-state index is 0.322. The second-order valence-corrected chi connectivity index (χ2v) is 19.6. The molecule has 0 aromatic rings. The van der Waals surface area contributed by atoms with Crippen LogP contribution in [0.3, 0.4) is 0 Å². The predicted molar refractivity (Wildman–Crippen MR) is 121 cm³/mol. The zero-order chi connectivity index (χ0) is 20.3. The smallest absolute Gasteiger partial charge is 0.241 e. The molecule has 0 radical (unpaired) electrons. The molecule has 0 aromatic heterocycles. The van der Waals surface area contributed by atoms with Crippen molar-refractivity contribution in [3.8, 4) is 0 Å². The van der Waals surface area contributed by atoms with Gasteiger partial charge >= 0.3 is 0 Å². The highest BCUT2D eigenvalue weighted by Gasteiger charge is 2.45. The van der Waals surface area contributed by atoms with Crippen molar-refractivity contribution in [2.24, 2.45) is 5.92 Å². The van der Waals surface area contributed by atoms with Crippen LogP contribution >= 0.6 is 0 Å². The third-order valence-corrected chi connectivity index (χ3v) is 12.5. The molecule has 1 rings (SSSR count). The van der Waals surface area contributed by atoms with E-state index in [1.165, 1.54) is 11.1 Å². The number of hydrogen-bond acceptors (Lipinski definition) is 2. The van der Waals surface area contributed by atoms with E-state index >= 15 is 0 Å². The number of rotatable bonds is 9. The summed E-state index contributed by atoms with van der Waals surface area (Å²) in [6.07, 6.45) is 5.41. The molecule has 1 atom stereocenters. The lowest BCUT2D eigenvalue weighted by Gasteiger charge is -2.42. The van der Waals surface area contributed by atoms with Crippen molar-refractivity contribution in [3.05, 3.63) is 35.6 Å². The molecule has 0 heterocycles. The van der Waals surface area contributed by atoms with Crippen molar-refractivity contribution < 1.29 is 8.85 Å². The fourth-order valence-corrected chi connectivity index (χ4v) is 10.8. The lowest BCUT2D eigenvalue weighted by Crippen LogP contribution is -2.48. The van der Waals surface area contributed by atoms with Gasteiger partial charge in [0, 0.05) is 12.3 Å². The molecule has 0 N–H and O–H groups in total. The van der Waals surface area contributed by atoms with Crippen LogP contribution in [0.1, 0.15) is 54.9 Å². The first kappa shape index (κ1) is 23.5. The van der Waals surface area contributed by atoms with Crippen LogP contribution in [0.4, 0.5) is 0 Å². The Morgan fingerprint density at radius 3 is 2.00 bits per heavy atom. The highest BCUT2D eigenvalue weighted by atomic mass is 28.4. The first-order valence-corrected chi connectivity index (χ1v) is 15.7. The Kier molecular flexibility index (Phi) is 8.18. The largest absolute Gasteiger partial charge is 0.547 e. The Bertz CT molecular complexity index is 529. The molecule has 2 nitrogen and oxygen atoms in total. The molecule has 0 amide bonds. The van der Waals surface area contributed by atoms with Gasteiger partial charge in [-0.2, -0.15) is 0 Å². The Morgan fingerprint density at radius 1 is 1.08 bits per heavy atom. The fourth-order valence-electron chi connectivity index (χ4n) is 4.38. The summed E-state index contributed by atoms with van der Waals surface area (Å²) in [5, 5.41) is 0. The minimum Gasteiger partial charge on any atom is -0.547 e. The van der Waals surface area contributed by atoms with Crippen LogP contribution in [0.15, 0.2) is 35.6 Å². The molecule has 0 fully saturated rings. The second kappa shape index (κ2) is 9.07. The van der Waals surface area contributed by atoms with Gasteiger partial charge < -0.3 is 8.85 Å².